The molecule has 2 aromatic rings. The first-order valence-electron chi connectivity index (χ1n) is 6.74. The number of fused-ring (bicyclic) bond motifs is 1. The summed E-state index contributed by atoms with van der Waals surface area (Å²) in [7, 11) is 0. The van der Waals surface area contributed by atoms with Crippen molar-refractivity contribution < 1.29 is 9.90 Å². The van der Waals surface area contributed by atoms with Gasteiger partial charge >= 0.3 is 0 Å². The van der Waals surface area contributed by atoms with Crippen molar-refractivity contribution in [3.8, 4) is 0 Å². The molecule has 4 heteroatoms. The van der Waals surface area contributed by atoms with E-state index in [1.165, 1.54) is 0 Å². The van der Waals surface area contributed by atoms with Gasteiger partial charge in [-0.3, -0.25) is 4.79 Å². The molecule has 1 aliphatic carbocycles. The number of likely N-dealkylation sites (tertiary alicyclic amines) is 1. The number of benzene rings is 1. The molecular formula is C15H16N2O2. The third kappa shape index (κ3) is 1.67. The number of aromatic nitrogens is 1. The topological polar surface area (TPSA) is 56.3 Å². The Labute approximate surface area is 111 Å². The van der Waals surface area contributed by atoms with Crippen molar-refractivity contribution in [3.63, 3.8) is 0 Å². The summed E-state index contributed by atoms with van der Waals surface area (Å²) in [5.74, 6) is 0.442. The van der Waals surface area contributed by atoms with Gasteiger partial charge in [0.05, 0.1) is 13.1 Å². The zero-order valence-corrected chi connectivity index (χ0v) is 10.6. The summed E-state index contributed by atoms with van der Waals surface area (Å²) in [4.78, 5) is 17.2. The van der Waals surface area contributed by atoms with Gasteiger partial charge in [0.1, 0.15) is 5.60 Å². The van der Waals surface area contributed by atoms with Gasteiger partial charge in [-0.2, -0.15) is 0 Å². The molecule has 1 aliphatic heterocycles. The molecule has 0 radical (unpaired) electrons. The summed E-state index contributed by atoms with van der Waals surface area (Å²) < 4.78 is 0. The first kappa shape index (κ1) is 11.1. The molecule has 2 fully saturated rings. The number of H-pyrrole nitrogens is 1. The number of carbonyl (C=O) groups is 1. The second-order valence-corrected chi connectivity index (χ2v) is 5.82. The van der Waals surface area contributed by atoms with Crippen molar-refractivity contribution in [1.82, 2.24) is 9.88 Å². The molecule has 0 bridgehead atoms. The average Bonchev–Trinajstić information content (AvgIpc) is 3.12. The van der Waals surface area contributed by atoms with Crippen LogP contribution in [0.1, 0.15) is 23.2 Å². The molecule has 4 nitrogen and oxygen atoms in total. The Morgan fingerprint density at radius 3 is 2.84 bits per heavy atom. The highest BCUT2D eigenvalue weighted by Gasteiger charge is 2.53. The predicted molar refractivity (Wildman–Crippen MR) is 71.9 cm³/mol. The van der Waals surface area contributed by atoms with E-state index in [0.717, 1.165) is 23.7 Å². The number of hydrogen-bond donors (Lipinski definition) is 2. The van der Waals surface area contributed by atoms with Gasteiger partial charge in [0.15, 0.2) is 0 Å². The molecule has 0 atom stereocenters. The lowest BCUT2D eigenvalue weighted by molar-refractivity contribution is -0.0958. The molecule has 0 spiro atoms. The first-order valence-corrected chi connectivity index (χ1v) is 6.74. The smallest absolute Gasteiger partial charge is 0.254 e. The predicted octanol–water partition coefficient (Wildman–Crippen LogP) is 1.76. The van der Waals surface area contributed by atoms with Gasteiger partial charge in [0, 0.05) is 22.7 Å². The summed E-state index contributed by atoms with van der Waals surface area (Å²) >= 11 is 0. The lowest BCUT2D eigenvalue weighted by atomic mass is 9.88. The summed E-state index contributed by atoms with van der Waals surface area (Å²) in [5.41, 5.74) is 1.13. The van der Waals surface area contributed by atoms with E-state index in [9.17, 15) is 9.90 Å². The van der Waals surface area contributed by atoms with Crippen LogP contribution in [-0.2, 0) is 0 Å². The number of rotatable bonds is 2. The van der Waals surface area contributed by atoms with Crippen LogP contribution in [-0.4, -0.2) is 39.6 Å². The van der Waals surface area contributed by atoms with Gasteiger partial charge in [0.2, 0.25) is 0 Å². The number of carbonyl (C=O) groups excluding carboxylic acids is 1. The molecule has 2 aliphatic rings. The number of nitrogens with zero attached hydrogens (tertiary/aromatic N) is 1. The molecule has 4 rings (SSSR count). The third-order valence-corrected chi connectivity index (χ3v) is 4.35. The van der Waals surface area contributed by atoms with E-state index in [4.69, 9.17) is 0 Å². The highest BCUT2D eigenvalue weighted by Crippen LogP contribution is 2.44. The number of aromatic amines is 1. The molecule has 98 valence electrons. The number of hydrogen-bond acceptors (Lipinski definition) is 2. The number of amides is 1. The minimum Gasteiger partial charge on any atom is -0.386 e. The van der Waals surface area contributed by atoms with E-state index in [0.29, 0.717) is 24.6 Å². The number of aliphatic hydroxyl groups is 1. The van der Waals surface area contributed by atoms with E-state index in [1.807, 2.05) is 30.5 Å². The standard InChI is InChI=1S/C15H16N2O2/c18-14(17-8-15(19,9-17)12-2-3-12)11-1-4-13-10(7-11)5-6-16-13/h1,4-7,12,16,19H,2-3,8-9H2. The quantitative estimate of drug-likeness (QED) is 0.860. The zero-order valence-electron chi connectivity index (χ0n) is 10.6. The molecule has 2 N–H and O–H groups in total. The highest BCUT2D eigenvalue weighted by atomic mass is 16.3. The Bertz CT molecular complexity index is 651. The molecule has 1 saturated carbocycles. The van der Waals surface area contributed by atoms with Crippen LogP contribution >= 0.6 is 0 Å². The second kappa shape index (κ2) is 3.61. The molecule has 2 heterocycles. The monoisotopic (exact) mass is 256 g/mol. The third-order valence-electron chi connectivity index (χ3n) is 4.35. The molecule has 1 aromatic carbocycles. The lowest BCUT2D eigenvalue weighted by Crippen LogP contribution is -2.64. The van der Waals surface area contributed by atoms with E-state index in [-0.39, 0.29) is 5.91 Å². The lowest BCUT2D eigenvalue weighted by Gasteiger charge is -2.47. The molecular weight excluding hydrogens is 240 g/mol. The molecule has 1 aromatic heterocycles. The maximum absolute atomic E-state index is 12.3. The molecule has 0 unspecified atom stereocenters. The fourth-order valence-electron chi connectivity index (χ4n) is 3.01. The van der Waals surface area contributed by atoms with E-state index in [1.54, 1.807) is 4.90 Å². The van der Waals surface area contributed by atoms with Gasteiger partial charge in [-0.1, -0.05) is 0 Å². The van der Waals surface area contributed by atoms with Crippen molar-refractivity contribution in [1.29, 1.82) is 0 Å². The molecule has 19 heavy (non-hydrogen) atoms. The van der Waals surface area contributed by atoms with E-state index in [2.05, 4.69) is 4.98 Å². The van der Waals surface area contributed by atoms with Crippen molar-refractivity contribution in [2.24, 2.45) is 5.92 Å². The van der Waals surface area contributed by atoms with Crippen LogP contribution in [0.2, 0.25) is 0 Å². The van der Waals surface area contributed by atoms with Crippen LogP contribution in [0.15, 0.2) is 30.5 Å². The maximum atomic E-state index is 12.3. The average molecular weight is 256 g/mol. The number of nitrogens with one attached hydrogen (secondary N) is 1. The van der Waals surface area contributed by atoms with Gasteiger partial charge in [-0.05, 0) is 43.0 Å². The van der Waals surface area contributed by atoms with Crippen LogP contribution in [0.25, 0.3) is 10.9 Å². The van der Waals surface area contributed by atoms with Crippen molar-refractivity contribution in [2.45, 2.75) is 18.4 Å². The SMILES string of the molecule is O=C(c1ccc2[nH]ccc2c1)N1CC(O)(C2CC2)C1. The number of β-amino-alcohol motifs (C(OH)–C–C–N with tert-alkyl or cyclic N) is 1. The fourth-order valence-corrected chi connectivity index (χ4v) is 3.01. The van der Waals surface area contributed by atoms with Crippen molar-refractivity contribution in [2.75, 3.05) is 13.1 Å². The van der Waals surface area contributed by atoms with Crippen molar-refractivity contribution in [3.05, 3.63) is 36.0 Å². The summed E-state index contributed by atoms with van der Waals surface area (Å²) in [6, 6.07) is 7.64. The summed E-state index contributed by atoms with van der Waals surface area (Å²) in [5, 5.41) is 11.3. The van der Waals surface area contributed by atoms with Gasteiger partial charge in [-0.25, -0.2) is 0 Å². The zero-order chi connectivity index (χ0) is 13.0. The van der Waals surface area contributed by atoms with Crippen LogP contribution in [0.5, 0.6) is 0 Å². The second-order valence-electron chi connectivity index (χ2n) is 5.82. The largest absolute Gasteiger partial charge is 0.386 e. The Morgan fingerprint density at radius 1 is 1.32 bits per heavy atom. The Balaban J connectivity index is 1.54. The van der Waals surface area contributed by atoms with Gasteiger partial charge in [0.25, 0.3) is 5.91 Å². The van der Waals surface area contributed by atoms with Gasteiger partial charge < -0.3 is 15.0 Å². The fraction of sp³-hybridized carbons (Fsp3) is 0.400. The van der Waals surface area contributed by atoms with Crippen molar-refractivity contribution >= 4 is 16.8 Å². The van der Waals surface area contributed by atoms with Crippen LogP contribution in [0.4, 0.5) is 0 Å². The first-order chi connectivity index (χ1) is 9.16. The normalized spacial score (nSPS) is 21.4. The van der Waals surface area contributed by atoms with Gasteiger partial charge in [-0.15, -0.1) is 0 Å². The van der Waals surface area contributed by atoms with Crippen LogP contribution < -0.4 is 0 Å². The minimum atomic E-state index is -0.603. The van der Waals surface area contributed by atoms with Crippen LogP contribution in [0.3, 0.4) is 0 Å². The Kier molecular flexibility index (Phi) is 2.10. The minimum absolute atomic E-state index is 0.0217. The van der Waals surface area contributed by atoms with E-state index < -0.39 is 5.60 Å². The Morgan fingerprint density at radius 2 is 2.11 bits per heavy atom. The summed E-state index contributed by atoms with van der Waals surface area (Å²) in [6.45, 7) is 0.976. The highest BCUT2D eigenvalue weighted by molar-refractivity contribution is 5.98. The van der Waals surface area contributed by atoms with E-state index >= 15 is 0 Å². The molecule has 1 amide bonds. The maximum Gasteiger partial charge on any atom is 0.254 e. The van der Waals surface area contributed by atoms with Crippen LogP contribution in [0, 0.1) is 5.92 Å². The summed E-state index contributed by atoms with van der Waals surface area (Å²) in [6.07, 6.45) is 4.08. The Hall–Kier alpha value is -1.81. The molecule has 1 saturated heterocycles.